The fourth-order valence-electron chi connectivity index (χ4n) is 3.09. The molecule has 0 radical (unpaired) electrons. The van der Waals surface area contributed by atoms with Crippen molar-refractivity contribution in [1.29, 1.82) is 0 Å². The summed E-state index contributed by atoms with van der Waals surface area (Å²) < 4.78 is 2.26. The van der Waals surface area contributed by atoms with Crippen LogP contribution in [0.25, 0.3) is 5.65 Å². The summed E-state index contributed by atoms with van der Waals surface area (Å²) in [6.45, 7) is 2.87. The van der Waals surface area contributed by atoms with Gasteiger partial charge in [-0.05, 0) is 36.8 Å². The molecule has 1 atom stereocenters. The molecule has 0 saturated heterocycles. The molecule has 2 heterocycles. The third kappa shape index (κ3) is 1.93. The first-order chi connectivity index (χ1) is 8.81. The number of nitrogens with zero attached hydrogens (tertiary/aromatic N) is 2. The first-order valence-electron chi connectivity index (χ1n) is 7.00. The Hall–Kier alpha value is -1.35. The highest BCUT2D eigenvalue weighted by molar-refractivity contribution is 5.45. The Morgan fingerprint density at radius 2 is 2.33 bits per heavy atom. The molecular weight excluding hydrogens is 222 g/mol. The van der Waals surface area contributed by atoms with Crippen LogP contribution in [-0.4, -0.2) is 9.38 Å². The van der Waals surface area contributed by atoms with E-state index in [2.05, 4.69) is 29.7 Å². The summed E-state index contributed by atoms with van der Waals surface area (Å²) >= 11 is 0. The van der Waals surface area contributed by atoms with Crippen LogP contribution in [0.5, 0.6) is 0 Å². The molecule has 2 N–H and O–H groups in total. The number of hydrogen-bond donors (Lipinski definition) is 1. The molecule has 3 heteroatoms. The van der Waals surface area contributed by atoms with Crippen LogP contribution in [0.3, 0.4) is 0 Å². The number of fused-ring (bicyclic) bond motifs is 3. The fraction of sp³-hybridized carbons (Fsp3) is 0.533. The first kappa shape index (κ1) is 11.7. The molecule has 0 spiro atoms. The summed E-state index contributed by atoms with van der Waals surface area (Å²) in [6.07, 6.45) is 8.40. The van der Waals surface area contributed by atoms with Crippen molar-refractivity contribution in [3.8, 4) is 0 Å². The van der Waals surface area contributed by atoms with E-state index in [9.17, 15) is 0 Å². The average molecular weight is 243 g/mol. The van der Waals surface area contributed by atoms with Gasteiger partial charge in [0.2, 0.25) is 0 Å². The highest BCUT2D eigenvalue weighted by Crippen LogP contribution is 2.29. The minimum absolute atomic E-state index is 0.598. The van der Waals surface area contributed by atoms with Crippen LogP contribution >= 0.6 is 0 Å². The molecule has 0 fully saturated rings. The van der Waals surface area contributed by atoms with Gasteiger partial charge >= 0.3 is 0 Å². The normalized spacial score (nSPS) is 19.1. The zero-order valence-electron chi connectivity index (χ0n) is 11.0. The Morgan fingerprint density at radius 3 is 3.11 bits per heavy atom. The molecule has 0 aromatic carbocycles. The van der Waals surface area contributed by atoms with Gasteiger partial charge in [-0.1, -0.05) is 25.8 Å². The second-order valence-corrected chi connectivity index (χ2v) is 5.37. The molecule has 3 nitrogen and oxygen atoms in total. The molecule has 0 aliphatic heterocycles. The number of aromatic nitrogens is 2. The number of nitrogens with two attached hydrogens (primary N) is 1. The van der Waals surface area contributed by atoms with Gasteiger partial charge in [-0.2, -0.15) is 0 Å². The van der Waals surface area contributed by atoms with Crippen molar-refractivity contribution in [2.45, 2.75) is 45.6 Å². The van der Waals surface area contributed by atoms with Crippen molar-refractivity contribution in [2.24, 2.45) is 11.7 Å². The zero-order valence-corrected chi connectivity index (χ0v) is 11.0. The lowest BCUT2D eigenvalue weighted by atomic mass is 9.87. The molecule has 1 aliphatic carbocycles. The highest BCUT2D eigenvalue weighted by Gasteiger charge is 2.22. The molecule has 0 bridgehead atoms. The lowest BCUT2D eigenvalue weighted by molar-refractivity contribution is 0.414. The average Bonchev–Trinajstić information content (AvgIpc) is 2.76. The van der Waals surface area contributed by atoms with E-state index in [0.717, 1.165) is 18.0 Å². The van der Waals surface area contributed by atoms with Crippen LogP contribution in [-0.2, 0) is 19.4 Å². The molecule has 1 aliphatic rings. The maximum atomic E-state index is 5.73. The van der Waals surface area contributed by atoms with Crippen LogP contribution in [0.1, 0.15) is 43.1 Å². The van der Waals surface area contributed by atoms with Crippen molar-refractivity contribution >= 4 is 5.65 Å². The topological polar surface area (TPSA) is 43.3 Å². The van der Waals surface area contributed by atoms with Gasteiger partial charge < -0.3 is 10.1 Å². The molecule has 2 aromatic rings. The molecule has 1 unspecified atom stereocenters. The molecule has 96 valence electrons. The fourth-order valence-corrected chi connectivity index (χ4v) is 3.09. The molecule has 18 heavy (non-hydrogen) atoms. The maximum absolute atomic E-state index is 5.73. The summed E-state index contributed by atoms with van der Waals surface area (Å²) in [5, 5.41) is 0. The van der Waals surface area contributed by atoms with E-state index >= 15 is 0 Å². The summed E-state index contributed by atoms with van der Waals surface area (Å²) in [6, 6.07) is 4.17. The van der Waals surface area contributed by atoms with E-state index in [1.807, 2.05) is 0 Å². The predicted octanol–water partition coefficient (Wildman–Crippen LogP) is 2.70. The van der Waals surface area contributed by atoms with Crippen LogP contribution in [0, 0.1) is 5.92 Å². The van der Waals surface area contributed by atoms with Gasteiger partial charge in [0.25, 0.3) is 0 Å². The number of hydrogen-bond acceptors (Lipinski definition) is 2. The van der Waals surface area contributed by atoms with Gasteiger partial charge in [0.05, 0.1) is 5.69 Å². The van der Waals surface area contributed by atoms with Crippen molar-refractivity contribution < 1.29 is 0 Å². The van der Waals surface area contributed by atoms with E-state index in [1.165, 1.54) is 42.6 Å². The van der Waals surface area contributed by atoms with Gasteiger partial charge in [-0.15, -0.1) is 0 Å². The molecule has 0 amide bonds. The van der Waals surface area contributed by atoms with Crippen molar-refractivity contribution in [3.05, 3.63) is 35.3 Å². The monoisotopic (exact) mass is 243 g/mol. The Bertz CT molecular complexity index is 556. The Balaban J connectivity index is 2.02. The zero-order chi connectivity index (χ0) is 12.5. The Morgan fingerprint density at radius 1 is 1.44 bits per heavy atom. The van der Waals surface area contributed by atoms with Gasteiger partial charge in [-0.3, -0.25) is 0 Å². The second-order valence-electron chi connectivity index (χ2n) is 5.37. The van der Waals surface area contributed by atoms with Crippen LogP contribution < -0.4 is 5.73 Å². The number of pyridine rings is 1. The third-order valence-corrected chi connectivity index (χ3v) is 4.07. The predicted molar refractivity (Wildman–Crippen MR) is 73.5 cm³/mol. The second kappa shape index (κ2) is 4.73. The van der Waals surface area contributed by atoms with Gasteiger partial charge in [0.15, 0.2) is 0 Å². The Labute approximate surface area is 108 Å². The van der Waals surface area contributed by atoms with Crippen molar-refractivity contribution in [1.82, 2.24) is 9.38 Å². The molecule has 3 rings (SSSR count). The number of aryl methyl sites for hydroxylation is 1. The van der Waals surface area contributed by atoms with Crippen LogP contribution in [0.4, 0.5) is 0 Å². The van der Waals surface area contributed by atoms with Gasteiger partial charge in [0, 0.05) is 18.4 Å². The van der Waals surface area contributed by atoms with E-state index < -0.39 is 0 Å². The minimum atomic E-state index is 0.598. The maximum Gasteiger partial charge on any atom is 0.137 e. The first-order valence-corrected chi connectivity index (χ1v) is 7.00. The largest absolute Gasteiger partial charge is 0.326 e. The summed E-state index contributed by atoms with van der Waals surface area (Å²) in [7, 11) is 0. The lowest BCUT2D eigenvalue weighted by Crippen LogP contribution is -2.15. The summed E-state index contributed by atoms with van der Waals surface area (Å²) in [5.41, 5.74) is 10.7. The standard InChI is InChI=1S/C15H21N3/c1-2-3-11-4-6-13-14(8-11)18-10-12(9-16)5-7-15(18)17-13/h5,7,10-11H,2-4,6,8-9,16H2,1H3. The van der Waals surface area contributed by atoms with Crippen molar-refractivity contribution in [3.63, 3.8) is 0 Å². The molecule has 0 saturated carbocycles. The Kier molecular flexibility index (Phi) is 3.08. The van der Waals surface area contributed by atoms with Crippen LogP contribution in [0.15, 0.2) is 18.3 Å². The molecule has 2 aromatic heterocycles. The van der Waals surface area contributed by atoms with E-state index in [-0.39, 0.29) is 0 Å². The number of rotatable bonds is 3. The van der Waals surface area contributed by atoms with Crippen molar-refractivity contribution in [2.75, 3.05) is 0 Å². The van der Waals surface area contributed by atoms with E-state index in [4.69, 9.17) is 10.7 Å². The van der Waals surface area contributed by atoms with Gasteiger partial charge in [-0.25, -0.2) is 4.98 Å². The quantitative estimate of drug-likeness (QED) is 0.900. The highest BCUT2D eigenvalue weighted by atomic mass is 15.0. The smallest absolute Gasteiger partial charge is 0.137 e. The summed E-state index contributed by atoms with van der Waals surface area (Å²) in [4.78, 5) is 4.75. The van der Waals surface area contributed by atoms with E-state index in [0.29, 0.717) is 6.54 Å². The minimum Gasteiger partial charge on any atom is -0.326 e. The summed E-state index contributed by atoms with van der Waals surface area (Å²) in [5.74, 6) is 0.837. The lowest BCUT2D eigenvalue weighted by Gasteiger charge is -2.21. The molecular formula is C15H21N3. The van der Waals surface area contributed by atoms with E-state index in [1.54, 1.807) is 0 Å². The van der Waals surface area contributed by atoms with Gasteiger partial charge in [0.1, 0.15) is 5.65 Å². The van der Waals surface area contributed by atoms with Crippen LogP contribution in [0.2, 0.25) is 0 Å². The third-order valence-electron chi connectivity index (χ3n) is 4.07. The number of imidazole rings is 1. The SMILES string of the molecule is CCCC1CCc2nc3ccc(CN)cn3c2C1.